The first-order chi connectivity index (χ1) is 8.18. The molecule has 0 bridgehead atoms. The third-order valence-electron chi connectivity index (χ3n) is 3.27. The number of hydrogen-bond donors (Lipinski definition) is 3. The zero-order valence-electron chi connectivity index (χ0n) is 12.0. The van der Waals surface area contributed by atoms with Gasteiger partial charge in [-0.25, -0.2) is 4.79 Å². The summed E-state index contributed by atoms with van der Waals surface area (Å²) in [6.07, 6.45) is 1.46. The molecule has 0 spiro atoms. The molecule has 0 fully saturated rings. The van der Waals surface area contributed by atoms with Crippen molar-refractivity contribution in [1.29, 1.82) is 0 Å². The first kappa shape index (κ1) is 16.7. The number of amides is 2. The fraction of sp³-hybridized carbons (Fsp3) is 0.846. The van der Waals surface area contributed by atoms with E-state index in [1.165, 1.54) is 0 Å². The molecule has 0 saturated heterocycles. The average molecular weight is 258 g/mol. The van der Waals surface area contributed by atoms with Gasteiger partial charge in [-0.15, -0.1) is 0 Å². The average Bonchev–Trinajstić information content (AvgIpc) is 2.24. The van der Waals surface area contributed by atoms with E-state index in [4.69, 9.17) is 5.11 Å². The lowest BCUT2D eigenvalue weighted by Gasteiger charge is -2.28. The minimum atomic E-state index is -0.849. The van der Waals surface area contributed by atoms with Crippen molar-refractivity contribution in [3.63, 3.8) is 0 Å². The quantitative estimate of drug-likeness (QED) is 0.656. The van der Waals surface area contributed by atoms with Crippen molar-refractivity contribution >= 4 is 12.0 Å². The van der Waals surface area contributed by atoms with E-state index in [-0.39, 0.29) is 18.5 Å². The first-order valence-corrected chi connectivity index (χ1v) is 6.48. The summed E-state index contributed by atoms with van der Waals surface area (Å²) in [4.78, 5) is 22.3. The number of aliphatic carboxylic acids is 1. The summed E-state index contributed by atoms with van der Waals surface area (Å²) in [6, 6.07) is -0.136. The molecule has 0 aromatic heterocycles. The first-order valence-electron chi connectivity index (χ1n) is 6.48. The van der Waals surface area contributed by atoms with Gasteiger partial charge in [-0.3, -0.25) is 4.79 Å². The van der Waals surface area contributed by atoms with Crippen LogP contribution in [0.1, 0.15) is 53.9 Å². The standard InChI is InChI=1S/C13H26N2O3/c1-6-9(2)10(3)14-12(18)15-13(4,5)8-7-11(16)17/h9-10H,6-8H2,1-5H3,(H,16,17)(H2,14,15,18). The molecule has 5 nitrogen and oxygen atoms in total. The van der Waals surface area contributed by atoms with Crippen LogP contribution in [0.15, 0.2) is 0 Å². The van der Waals surface area contributed by atoms with Crippen molar-refractivity contribution in [2.75, 3.05) is 0 Å². The van der Waals surface area contributed by atoms with E-state index >= 15 is 0 Å². The number of carboxylic acids is 1. The van der Waals surface area contributed by atoms with Crippen LogP contribution in [0.25, 0.3) is 0 Å². The van der Waals surface area contributed by atoms with E-state index in [2.05, 4.69) is 24.5 Å². The van der Waals surface area contributed by atoms with Gasteiger partial charge in [0.1, 0.15) is 0 Å². The van der Waals surface area contributed by atoms with Gasteiger partial charge in [0, 0.05) is 18.0 Å². The summed E-state index contributed by atoms with van der Waals surface area (Å²) < 4.78 is 0. The number of urea groups is 1. The zero-order chi connectivity index (χ0) is 14.3. The summed E-state index contributed by atoms with van der Waals surface area (Å²) in [6.45, 7) is 9.78. The second-order valence-corrected chi connectivity index (χ2v) is 5.55. The third-order valence-corrected chi connectivity index (χ3v) is 3.27. The number of nitrogens with one attached hydrogen (secondary N) is 2. The van der Waals surface area contributed by atoms with Crippen LogP contribution in [-0.4, -0.2) is 28.7 Å². The third kappa shape index (κ3) is 7.14. The fourth-order valence-corrected chi connectivity index (χ4v) is 1.53. The van der Waals surface area contributed by atoms with Gasteiger partial charge in [-0.05, 0) is 33.1 Å². The Morgan fingerprint density at radius 3 is 2.28 bits per heavy atom. The molecule has 0 aliphatic rings. The van der Waals surface area contributed by atoms with E-state index in [0.29, 0.717) is 12.3 Å². The van der Waals surface area contributed by atoms with Crippen molar-refractivity contribution < 1.29 is 14.7 Å². The van der Waals surface area contributed by atoms with Crippen molar-refractivity contribution in [2.45, 2.75) is 65.5 Å². The highest BCUT2D eigenvalue weighted by Gasteiger charge is 2.22. The topological polar surface area (TPSA) is 78.4 Å². The van der Waals surface area contributed by atoms with Crippen LogP contribution in [0.5, 0.6) is 0 Å². The molecule has 0 aliphatic carbocycles. The Morgan fingerprint density at radius 1 is 1.28 bits per heavy atom. The van der Waals surface area contributed by atoms with Crippen molar-refractivity contribution in [3.8, 4) is 0 Å². The lowest BCUT2D eigenvalue weighted by atomic mass is 9.98. The molecule has 0 aromatic rings. The number of rotatable bonds is 7. The van der Waals surface area contributed by atoms with Gasteiger partial charge >= 0.3 is 12.0 Å². The number of carboxylic acid groups (broad SMARTS) is 1. The fourth-order valence-electron chi connectivity index (χ4n) is 1.53. The zero-order valence-corrected chi connectivity index (χ0v) is 12.0. The molecule has 2 unspecified atom stereocenters. The van der Waals surface area contributed by atoms with Gasteiger partial charge in [0.25, 0.3) is 0 Å². The minimum absolute atomic E-state index is 0.0498. The summed E-state index contributed by atoms with van der Waals surface area (Å²) in [5, 5.41) is 14.3. The molecule has 0 aliphatic heterocycles. The highest BCUT2D eigenvalue weighted by molar-refractivity contribution is 5.75. The molecule has 0 radical (unpaired) electrons. The predicted octanol–water partition coefficient (Wildman–Crippen LogP) is 2.36. The maximum Gasteiger partial charge on any atom is 0.315 e. The van der Waals surface area contributed by atoms with E-state index in [0.717, 1.165) is 6.42 Å². The van der Waals surface area contributed by atoms with Crippen molar-refractivity contribution in [3.05, 3.63) is 0 Å². The maximum absolute atomic E-state index is 11.8. The molecule has 0 aromatic carbocycles. The van der Waals surface area contributed by atoms with Gasteiger partial charge < -0.3 is 15.7 Å². The monoisotopic (exact) mass is 258 g/mol. The van der Waals surface area contributed by atoms with Crippen LogP contribution in [0.4, 0.5) is 4.79 Å². The molecular formula is C13H26N2O3. The second kappa shape index (κ2) is 7.24. The van der Waals surface area contributed by atoms with E-state index < -0.39 is 11.5 Å². The van der Waals surface area contributed by atoms with Crippen LogP contribution in [-0.2, 0) is 4.79 Å². The van der Waals surface area contributed by atoms with Crippen LogP contribution in [0, 0.1) is 5.92 Å². The largest absolute Gasteiger partial charge is 0.481 e. The van der Waals surface area contributed by atoms with Crippen molar-refractivity contribution in [1.82, 2.24) is 10.6 Å². The summed E-state index contributed by atoms with van der Waals surface area (Å²) in [7, 11) is 0. The van der Waals surface area contributed by atoms with Gasteiger partial charge in [-0.1, -0.05) is 20.3 Å². The van der Waals surface area contributed by atoms with E-state index in [1.54, 1.807) is 0 Å². The Bertz CT molecular complexity index is 290. The molecular weight excluding hydrogens is 232 g/mol. The van der Waals surface area contributed by atoms with Crippen LogP contribution >= 0.6 is 0 Å². The van der Waals surface area contributed by atoms with E-state index in [9.17, 15) is 9.59 Å². The summed E-state index contributed by atoms with van der Waals surface area (Å²) in [5.74, 6) is -0.434. The SMILES string of the molecule is CCC(C)C(C)NC(=O)NC(C)(C)CCC(=O)O. The molecule has 0 heterocycles. The van der Waals surface area contributed by atoms with Gasteiger partial charge in [-0.2, -0.15) is 0 Å². The van der Waals surface area contributed by atoms with Gasteiger partial charge in [0.05, 0.1) is 0 Å². The smallest absolute Gasteiger partial charge is 0.315 e. The van der Waals surface area contributed by atoms with Crippen LogP contribution < -0.4 is 10.6 Å². The Labute approximate surface area is 109 Å². The molecule has 106 valence electrons. The summed E-state index contributed by atoms with van der Waals surface area (Å²) >= 11 is 0. The number of hydrogen-bond acceptors (Lipinski definition) is 2. The number of carbonyl (C=O) groups excluding carboxylic acids is 1. The summed E-state index contributed by atoms with van der Waals surface area (Å²) in [5.41, 5.74) is -0.516. The Morgan fingerprint density at radius 2 is 1.83 bits per heavy atom. The van der Waals surface area contributed by atoms with E-state index in [1.807, 2.05) is 20.8 Å². The predicted molar refractivity (Wildman–Crippen MR) is 71.5 cm³/mol. The Hall–Kier alpha value is -1.26. The molecule has 18 heavy (non-hydrogen) atoms. The second-order valence-electron chi connectivity index (χ2n) is 5.55. The molecule has 2 atom stereocenters. The minimum Gasteiger partial charge on any atom is -0.481 e. The van der Waals surface area contributed by atoms with Crippen LogP contribution in [0.2, 0.25) is 0 Å². The highest BCUT2D eigenvalue weighted by Crippen LogP contribution is 2.11. The Kier molecular flexibility index (Phi) is 6.73. The molecule has 0 rings (SSSR count). The lowest BCUT2D eigenvalue weighted by Crippen LogP contribution is -2.51. The number of carbonyl (C=O) groups is 2. The maximum atomic E-state index is 11.8. The van der Waals surface area contributed by atoms with Gasteiger partial charge in [0.2, 0.25) is 0 Å². The molecule has 5 heteroatoms. The Balaban J connectivity index is 4.17. The molecule has 2 amide bonds. The molecule has 3 N–H and O–H groups in total. The lowest BCUT2D eigenvalue weighted by molar-refractivity contribution is -0.137. The van der Waals surface area contributed by atoms with Gasteiger partial charge in [0.15, 0.2) is 0 Å². The van der Waals surface area contributed by atoms with Crippen LogP contribution in [0.3, 0.4) is 0 Å². The highest BCUT2D eigenvalue weighted by atomic mass is 16.4. The normalized spacial score (nSPS) is 14.7. The van der Waals surface area contributed by atoms with Crippen molar-refractivity contribution in [2.24, 2.45) is 5.92 Å². The molecule has 0 saturated carbocycles.